The Bertz CT molecular complexity index is 1210. The zero-order valence-electron chi connectivity index (χ0n) is 18.1. The maximum atomic E-state index is 13.4. The SMILES string of the molecule is Cc1cc(C)c2c(c1)CC(NC(=O)c1cc(C)c(O)c(C)c1)(c1ccccc1Cl)C=N2. The number of nitrogens with zero attached hydrogens (tertiary/aromatic N) is 1. The Labute approximate surface area is 187 Å². The molecule has 158 valence electrons. The van der Waals surface area contributed by atoms with E-state index in [9.17, 15) is 9.90 Å². The van der Waals surface area contributed by atoms with Crippen LogP contribution >= 0.6 is 11.6 Å². The first-order valence-electron chi connectivity index (χ1n) is 10.2. The number of phenols is 1. The van der Waals surface area contributed by atoms with Crippen molar-refractivity contribution in [3.05, 3.63) is 92.5 Å². The first kappa shape index (κ1) is 21.1. The Morgan fingerprint density at radius 3 is 2.39 bits per heavy atom. The number of nitrogens with one attached hydrogen (secondary N) is 1. The van der Waals surface area contributed by atoms with E-state index in [0.29, 0.717) is 28.1 Å². The summed E-state index contributed by atoms with van der Waals surface area (Å²) < 4.78 is 0. The lowest BCUT2D eigenvalue weighted by molar-refractivity contribution is 0.0922. The minimum atomic E-state index is -0.887. The molecule has 3 aromatic rings. The van der Waals surface area contributed by atoms with Gasteiger partial charge in [-0.2, -0.15) is 0 Å². The van der Waals surface area contributed by atoms with Gasteiger partial charge >= 0.3 is 0 Å². The second kappa shape index (κ2) is 7.86. The van der Waals surface area contributed by atoms with Crippen molar-refractivity contribution in [1.82, 2.24) is 5.32 Å². The lowest BCUT2D eigenvalue weighted by Gasteiger charge is -2.36. The molecule has 0 fully saturated rings. The van der Waals surface area contributed by atoms with Gasteiger partial charge in [-0.3, -0.25) is 9.79 Å². The molecule has 0 radical (unpaired) electrons. The fourth-order valence-corrected chi connectivity index (χ4v) is 4.69. The van der Waals surface area contributed by atoms with E-state index in [0.717, 1.165) is 27.9 Å². The monoisotopic (exact) mass is 432 g/mol. The molecule has 4 nitrogen and oxygen atoms in total. The van der Waals surface area contributed by atoms with Gasteiger partial charge in [0.25, 0.3) is 5.91 Å². The van der Waals surface area contributed by atoms with Gasteiger partial charge in [-0.1, -0.05) is 47.5 Å². The van der Waals surface area contributed by atoms with Crippen LogP contribution in [0, 0.1) is 27.7 Å². The Balaban J connectivity index is 1.82. The van der Waals surface area contributed by atoms with E-state index < -0.39 is 5.54 Å². The van der Waals surface area contributed by atoms with Crippen LogP contribution in [-0.4, -0.2) is 17.2 Å². The van der Waals surface area contributed by atoms with Crippen molar-refractivity contribution in [3.63, 3.8) is 0 Å². The molecular formula is C26H25ClN2O2. The Hall–Kier alpha value is -3.11. The second-order valence-electron chi connectivity index (χ2n) is 8.39. The van der Waals surface area contributed by atoms with Crippen LogP contribution in [0.3, 0.4) is 0 Å². The number of phenolic OH excluding ortho intramolecular Hbond substituents is 1. The predicted octanol–water partition coefficient (Wildman–Crippen LogP) is 5.86. The van der Waals surface area contributed by atoms with E-state index in [2.05, 4.69) is 24.4 Å². The molecule has 1 aliphatic rings. The number of fused-ring (bicyclic) bond motifs is 1. The van der Waals surface area contributed by atoms with E-state index in [1.807, 2.05) is 31.2 Å². The topological polar surface area (TPSA) is 61.7 Å². The molecule has 2 N–H and O–H groups in total. The molecule has 1 aliphatic heterocycles. The van der Waals surface area contributed by atoms with Crippen LogP contribution in [0.2, 0.25) is 5.02 Å². The van der Waals surface area contributed by atoms with Crippen LogP contribution < -0.4 is 5.32 Å². The van der Waals surface area contributed by atoms with Gasteiger partial charge in [0.15, 0.2) is 0 Å². The zero-order chi connectivity index (χ0) is 22.3. The number of carbonyl (C=O) groups is 1. The van der Waals surface area contributed by atoms with Gasteiger partial charge in [0.1, 0.15) is 11.3 Å². The third-order valence-electron chi connectivity index (χ3n) is 5.85. The smallest absolute Gasteiger partial charge is 0.252 e. The number of carbonyl (C=O) groups excluding carboxylic acids is 1. The molecule has 1 unspecified atom stereocenters. The minimum Gasteiger partial charge on any atom is -0.507 e. The summed E-state index contributed by atoms with van der Waals surface area (Å²) in [5.74, 6) is -0.0399. The zero-order valence-corrected chi connectivity index (χ0v) is 18.8. The third-order valence-corrected chi connectivity index (χ3v) is 6.18. The van der Waals surface area contributed by atoms with Crippen molar-refractivity contribution >= 4 is 29.4 Å². The molecule has 0 spiro atoms. The molecule has 0 saturated heterocycles. The second-order valence-corrected chi connectivity index (χ2v) is 8.80. The highest BCUT2D eigenvalue weighted by Crippen LogP contribution is 2.39. The van der Waals surface area contributed by atoms with Gasteiger partial charge in [-0.25, -0.2) is 0 Å². The number of aromatic hydroxyl groups is 1. The highest BCUT2D eigenvalue weighted by atomic mass is 35.5. The fourth-order valence-electron chi connectivity index (χ4n) is 4.38. The number of hydrogen-bond acceptors (Lipinski definition) is 3. The van der Waals surface area contributed by atoms with Crippen molar-refractivity contribution in [2.24, 2.45) is 4.99 Å². The first-order valence-corrected chi connectivity index (χ1v) is 10.6. The Morgan fingerprint density at radius 2 is 1.71 bits per heavy atom. The highest BCUT2D eigenvalue weighted by Gasteiger charge is 2.38. The Kier molecular flexibility index (Phi) is 5.36. The van der Waals surface area contributed by atoms with E-state index in [1.165, 1.54) is 0 Å². The van der Waals surface area contributed by atoms with Gasteiger partial charge in [0, 0.05) is 28.8 Å². The van der Waals surface area contributed by atoms with Crippen LogP contribution in [-0.2, 0) is 12.0 Å². The lowest BCUT2D eigenvalue weighted by atomic mass is 9.81. The summed E-state index contributed by atoms with van der Waals surface area (Å²) in [6.45, 7) is 7.68. The number of aliphatic imine (C=N–C) groups is 1. The van der Waals surface area contributed by atoms with E-state index in [-0.39, 0.29) is 11.7 Å². The van der Waals surface area contributed by atoms with Crippen molar-refractivity contribution < 1.29 is 9.90 Å². The molecule has 1 heterocycles. The van der Waals surface area contributed by atoms with Crippen LogP contribution in [0.5, 0.6) is 5.75 Å². The molecule has 31 heavy (non-hydrogen) atoms. The van der Waals surface area contributed by atoms with E-state index in [4.69, 9.17) is 16.6 Å². The molecule has 0 aromatic heterocycles. The normalized spacial score (nSPS) is 17.3. The average molecular weight is 433 g/mol. The maximum Gasteiger partial charge on any atom is 0.252 e. The third kappa shape index (κ3) is 3.84. The number of benzene rings is 3. The van der Waals surface area contributed by atoms with Crippen molar-refractivity contribution in [3.8, 4) is 5.75 Å². The van der Waals surface area contributed by atoms with Gasteiger partial charge in [0.2, 0.25) is 0 Å². The standard InChI is InChI=1S/C26H25ClN2O2/c1-15-9-16(2)23-20(10-15)13-26(14-28-23,21-7-5-6-8-22(21)27)29-25(31)19-11-17(3)24(30)18(4)12-19/h5-12,14,30H,13H2,1-4H3,(H,29,31). The Morgan fingerprint density at radius 1 is 1.03 bits per heavy atom. The maximum absolute atomic E-state index is 13.4. The van der Waals surface area contributed by atoms with Crippen LogP contribution in [0.25, 0.3) is 0 Å². The minimum absolute atomic E-state index is 0.205. The summed E-state index contributed by atoms with van der Waals surface area (Å²) in [5, 5.41) is 13.9. The number of hydrogen-bond donors (Lipinski definition) is 2. The van der Waals surface area contributed by atoms with Gasteiger partial charge < -0.3 is 10.4 Å². The van der Waals surface area contributed by atoms with Crippen molar-refractivity contribution in [1.29, 1.82) is 0 Å². The number of halogens is 1. The lowest BCUT2D eigenvalue weighted by Crippen LogP contribution is -2.50. The van der Waals surface area contributed by atoms with Crippen molar-refractivity contribution in [2.75, 3.05) is 0 Å². The molecule has 1 atom stereocenters. The van der Waals surface area contributed by atoms with E-state index in [1.54, 1.807) is 32.2 Å². The van der Waals surface area contributed by atoms with E-state index >= 15 is 0 Å². The molecule has 1 amide bonds. The van der Waals surface area contributed by atoms with Crippen molar-refractivity contribution in [2.45, 2.75) is 39.7 Å². The van der Waals surface area contributed by atoms with Gasteiger partial charge in [-0.15, -0.1) is 0 Å². The summed E-state index contributed by atoms with van der Waals surface area (Å²) >= 11 is 6.59. The van der Waals surface area contributed by atoms with Crippen LogP contribution in [0.1, 0.15) is 43.7 Å². The average Bonchev–Trinajstić information content (AvgIpc) is 2.71. The summed E-state index contributed by atoms with van der Waals surface area (Å²) in [4.78, 5) is 18.1. The molecule has 0 aliphatic carbocycles. The molecule has 3 aromatic carbocycles. The molecule has 4 rings (SSSR count). The first-order chi connectivity index (χ1) is 14.7. The largest absolute Gasteiger partial charge is 0.507 e. The number of amides is 1. The van der Waals surface area contributed by atoms with Crippen LogP contribution in [0.4, 0.5) is 5.69 Å². The number of aryl methyl sites for hydroxylation is 4. The summed E-state index contributed by atoms with van der Waals surface area (Å²) in [6, 6.07) is 15.1. The van der Waals surface area contributed by atoms with Gasteiger partial charge in [0.05, 0.1) is 5.69 Å². The molecule has 0 saturated carbocycles. The molecular weight excluding hydrogens is 408 g/mol. The highest BCUT2D eigenvalue weighted by molar-refractivity contribution is 6.31. The van der Waals surface area contributed by atoms with Gasteiger partial charge in [-0.05, 0) is 68.1 Å². The summed E-state index contributed by atoms with van der Waals surface area (Å²) in [6.07, 6.45) is 2.34. The summed E-state index contributed by atoms with van der Waals surface area (Å²) in [5.41, 5.74) is 5.98. The number of rotatable bonds is 3. The predicted molar refractivity (Wildman–Crippen MR) is 126 cm³/mol. The van der Waals surface area contributed by atoms with Crippen LogP contribution in [0.15, 0.2) is 53.5 Å². The summed E-state index contributed by atoms with van der Waals surface area (Å²) in [7, 11) is 0. The quantitative estimate of drug-likeness (QED) is 0.544. The molecule has 5 heteroatoms. The molecule has 0 bridgehead atoms. The fraction of sp³-hybridized carbons (Fsp3) is 0.231.